The van der Waals surface area contributed by atoms with Crippen molar-refractivity contribution in [3.05, 3.63) is 74.7 Å². The van der Waals surface area contributed by atoms with Gasteiger partial charge in [0.15, 0.2) is 17.7 Å². The first-order valence-corrected chi connectivity index (χ1v) is 11.2. The lowest BCUT2D eigenvalue weighted by Gasteiger charge is -2.19. The number of hydrogen-bond donors (Lipinski definition) is 1. The van der Waals surface area contributed by atoms with Gasteiger partial charge in [0.25, 0.3) is 0 Å². The Kier molecular flexibility index (Phi) is 8.55. The second-order valence-electron chi connectivity index (χ2n) is 8.31. The molecule has 39 heavy (non-hydrogen) atoms. The molecule has 1 aromatic heterocycles. The highest BCUT2D eigenvalue weighted by Crippen LogP contribution is 2.42. The summed E-state index contributed by atoms with van der Waals surface area (Å²) < 4.78 is 119. The number of aliphatic hydroxyl groups is 1. The maximum absolute atomic E-state index is 13.4. The van der Waals surface area contributed by atoms with Gasteiger partial charge in [0.05, 0.1) is 17.7 Å². The number of aryl methyl sites for hydroxylation is 1. The summed E-state index contributed by atoms with van der Waals surface area (Å²) >= 11 is 5.79. The maximum Gasteiger partial charge on any atom is 0.417 e. The molecule has 16 heteroatoms. The predicted molar refractivity (Wildman–Crippen MR) is 119 cm³/mol. The van der Waals surface area contributed by atoms with E-state index >= 15 is 0 Å². The van der Waals surface area contributed by atoms with E-state index in [1.165, 1.54) is 24.3 Å². The van der Waals surface area contributed by atoms with Gasteiger partial charge in [-0.05, 0) is 42.3 Å². The van der Waals surface area contributed by atoms with E-state index in [9.17, 15) is 54.2 Å². The Labute approximate surface area is 218 Å². The van der Waals surface area contributed by atoms with E-state index < -0.39 is 78.7 Å². The number of carbonyl (C=O) groups excluding carboxylic acids is 1. The Bertz CT molecular complexity index is 1390. The van der Waals surface area contributed by atoms with E-state index in [4.69, 9.17) is 11.6 Å². The first kappa shape index (κ1) is 30.2. The minimum atomic E-state index is -5.38. The van der Waals surface area contributed by atoms with Gasteiger partial charge in [0.1, 0.15) is 6.54 Å². The molecular formula is C23H17ClF9N3O3. The fraction of sp³-hybridized carbons (Fsp3) is 0.348. The highest BCUT2D eigenvalue weighted by molar-refractivity contribution is 6.30. The summed E-state index contributed by atoms with van der Waals surface area (Å²) in [6, 6.07) is 7.08. The van der Waals surface area contributed by atoms with Crippen LogP contribution in [0.15, 0.2) is 47.3 Å². The third kappa shape index (κ3) is 7.20. The zero-order valence-corrected chi connectivity index (χ0v) is 20.1. The molecule has 2 aromatic carbocycles. The molecule has 6 nitrogen and oxygen atoms in total. The molecule has 3 rings (SSSR count). The lowest BCUT2D eigenvalue weighted by molar-refractivity contribution is -0.207. The number of benzene rings is 2. The van der Waals surface area contributed by atoms with Crippen LogP contribution in [0, 0.1) is 0 Å². The molecular weight excluding hydrogens is 573 g/mol. The van der Waals surface area contributed by atoms with Gasteiger partial charge in [-0.15, -0.1) is 5.10 Å². The highest BCUT2D eigenvalue weighted by Gasteiger charge is 2.44. The van der Waals surface area contributed by atoms with Crippen molar-refractivity contribution < 1.29 is 49.4 Å². The van der Waals surface area contributed by atoms with Crippen LogP contribution in [0.25, 0.3) is 11.4 Å². The van der Waals surface area contributed by atoms with Crippen LogP contribution in [-0.4, -0.2) is 37.5 Å². The van der Waals surface area contributed by atoms with Gasteiger partial charge in [-0.1, -0.05) is 23.7 Å². The highest BCUT2D eigenvalue weighted by atomic mass is 35.5. The number of hydrogen-bond acceptors (Lipinski definition) is 4. The van der Waals surface area contributed by atoms with E-state index in [0.29, 0.717) is 9.25 Å². The van der Waals surface area contributed by atoms with Gasteiger partial charge in [-0.3, -0.25) is 9.36 Å². The molecule has 0 aliphatic carbocycles. The Hall–Kier alpha value is -3.33. The maximum atomic E-state index is 13.4. The average molecular weight is 590 g/mol. The normalized spacial score (nSPS) is 13.5. The first-order chi connectivity index (χ1) is 17.9. The van der Waals surface area contributed by atoms with Gasteiger partial charge in [-0.2, -0.15) is 39.5 Å². The fourth-order valence-electron chi connectivity index (χ4n) is 3.70. The number of halogens is 10. The van der Waals surface area contributed by atoms with Gasteiger partial charge in [0, 0.05) is 17.0 Å². The van der Waals surface area contributed by atoms with E-state index in [1.807, 2.05) is 0 Å². The van der Waals surface area contributed by atoms with Crippen molar-refractivity contribution in [1.82, 2.24) is 14.3 Å². The molecule has 1 unspecified atom stereocenters. The Balaban J connectivity index is 1.90. The van der Waals surface area contributed by atoms with Crippen molar-refractivity contribution in [3.8, 4) is 11.4 Å². The van der Waals surface area contributed by atoms with Gasteiger partial charge < -0.3 is 5.11 Å². The molecule has 3 aromatic rings. The third-order valence-electron chi connectivity index (χ3n) is 5.50. The van der Waals surface area contributed by atoms with E-state index in [1.54, 1.807) is 0 Å². The summed E-state index contributed by atoms with van der Waals surface area (Å²) in [6.07, 6.45) is -20.3. The molecule has 0 saturated carbocycles. The molecule has 0 amide bonds. The minimum Gasteiger partial charge on any atom is -0.382 e. The van der Waals surface area contributed by atoms with Crippen LogP contribution in [0.4, 0.5) is 39.5 Å². The van der Waals surface area contributed by atoms with Crippen molar-refractivity contribution in [2.75, 3.05) is 0 Å². The van der Waals surface area contributed by atoms with Gasteiger partial charge in [0.2, 0.25) is 0 Å². The predicted octanol–water partition coefficient (Wildman–Crippen LogP) is 5.53. The largest absolute Gasteiger partial charge is 0.417 e. The topological polar surface area (TPSA) is 77.1 Å². The summed E-state index contributed by atoms with van der Waals surface area (Å²) in [5, 5.41) is 13.6. The molecule has 0 radical (unpaired) electrons. The first-order valence-electron chi connectivity index (χ1n) is 10.9. The molecule has 0 aliphatic heterocycles. The zero-order chi connectivity index (χ0) is 29.3. The Morgan fingerprint density at radius 3 is 2.10 bits per heavy atom. The van der Waals surface area contributed by atoms with Crippen LogP contribution in [0.3, 0.4) is 0 Å². The van der Waals surface area contributed by atoms with E-state index in [0.717, 1.165) is 12.1 Å². The number of carbonyl (C=O) groups is 1. The molecule has 0 spiro atoms. The van der Waals surface area contributed by atoms with Crippen molar-refractivity contribution in [2.45, 2.75) is 50.6 Å². The molecule has 1 atom stereocenters. The second kappa shape index (κ2) is 11.0. The fourth-order valence-corrected chi connectivity index (χ4v) is 3.82. The van der Waals surface area contributed by atoms with Crippen LogP contribution in [-0.2, 0) is 36.7 Å². The molecule has 212 valence electrons. The summed E-state index contributed by atoms with van der Waals surface area (Å²) in [5.74, 6) is -1.31. The number of aromatic nitrogens is 3. The zero-order valence-electron chi connectivity index (χ0n) is 19.3. The lowest BCUT2D eigenvalue weighted by Crippen LogP contribution is -2.37. The smallest absolute Gasteiger partial charge is 0.382 e. The van der Waals surface area contributed by atoms with Crippen LogP contribution in [0.1, 0.15) is 23.1 Å². The number of ketones is 1. The van der Waals surface area contributed by atoms with Gasteiger partial charge in [-0.25, -0.2) is 9.48 Å². The van der Waals surface area contributed by atoms with Crippen molar-refractivity contribution in [1.29, 1.82) is 0 Å². The van der Waals surface area contributed by atoms with Gasteiger partial charge >= 0.3 is 24.2 Å². The quantitative estimate of drug-likeness (QED) is 0.351. The molecule has 1 heterocycles. The number of Topliss-reactive ketones (excluding diaryl/α,β-unsaturated/α-hetero) is 1. The van der Waals surface area contributed by atoms with Crippen LogP contribution >= 0.6 is 11.6 Å². The summed E-state index contributed by atoms with van der Waals surface area (Å²) in [6.45, 7) is -2.19. The third-order valence-corrected chi connectivity index (χ3v) is 5.75. The van der Waals surface area contributed by atoms with Crippen LogP contribution in [0.5, 0.6) is 0 Å². The van der Waals surface area contributed by atoms with Crippen molar-refractivity contribution in [2.24, 2.45) is 0 Å². The SMILES string of the molecule is O=C(CCc1cccc(C(F)(F)F)c1C(F)(F)F)Cn1nc(-c2ccc(Cl)cc2)n(CC(O)C(F)(F)F)c1=O. The van der Waals surface area contributed by atoms with Crippen molar-refractivity contribution >= 4 is 17.4 Å². The average Bonchev–Trinajstić information content (AvgIpc) is 3.11. The Morgan fingerprint density at radius 2 is 1.56 bits per heavy atom. The lowest BCUT2D eigenvalue weighted by atomic mass is 9.96. The molecule has 0 fully saturated rings. The number of alkyl halides is 9. The number of rotatable bonds is 8. The van der Waals surface area contributed by atoms with Crippen LogP contribution < -0.4 is 5.69 Å². The van der Waals surface area contributed by atoms with Crippen LogP contribution in [0.2, 0.25) is 5.02 Å². The Morgan fingerprint density at radius 1 is 0.949 bits per heavy atom. The molecule has 0 bridgehead atoms. The second-order valence-corrected chi connectivity index (χ2v) is 8.75. The molecule has 0 aliphatic rings. The van der Waals surface area contributed by atoms with E-state index in [-0.39, 0.29) is 22.5 Å². The monoisotopic (exact) mass is 589 g/mol. The number of aliphatic hydroxyl groups excluding tert-OH is 1. The van der Waals surface area contributed by atoms with Crippen molar-refractivity contribution in [3.63, 3.8) is 0 Å². The summed E-state index contributed by atoms with van der Waals surface area (Å²) in [4.78, 5) is 25.3. The summed E-state index contributed by atoms with van der Waals surface area (Å²) in [5.41, 5.74) is -5.83. The number of nitrogens with zero attached hydrogens (tertiary/aromatic N) is 3. The minimum absolute atomic E-state index is 0.0934. The standard InChI is InChI=1S/C23H17ClF9N3O3/c24-14-7-4-13(5-8-14)19-34-36(20(39)35(19)11-17(38)22(28,29)30)10-15(37)9-6-12-2-1-3-16(21(25,26)27)18(12)23(31,32)33/h1-5,7-8,17,38H,6,9-11H2. The van der Waals surface area contributed by atoms with E-state index in [2.05, 4.69) is 5.10 Å². The molecule has 1 N–H and O–H groups in total. The summed E-state index contributed by atoms with van der Waals surface area (Å²) in [7, 11) is 0. The molecule has 0 saturated heterocycles.